The maximum Gasteiger partial charge on any atom is 0.273 e. The molecule has 0 radical (unpaired) electrons. The molecule has 1 aromatic heterocycles. The number of alkyl halides is 1. The van der Waals surface area contributed by atoms with E-state index < -0.39 is 0 Å². The van der Waals surface area contributed by atoms with Gasteiger partial charge >= 0.3 is 0 Å². The lowest BCUT2D eigenvalue weighted by Gasteiger charge is -2.17. The summed E-state index contributed by atoms with van der Waals surface area (Å²) >= 11 is 3.52. The molecule has 5 nitrogen and oxygen atoms in total. The van der Waals surface area contributed by atoms with E-state index in [9.17, 15) is 4.79 Å². The van der Waals surface area contributed by atoms with Crippen molar-refractivity contribution in [2.75, 3.05) is 11.9 Å². The van der Waals surface area contributed by atoms with Crippen LogP contribution in [-0.2, 0) is 0 Å². The summed E-state index contributed by atoms with van der Waals surface area (Å²) in [5, 5.41) is 13.7. The summed E-state index contributed by atoms with van der Waals surface area (Å²) < 4.78 is 0. The van der Waals surface area contributed by atoms with Gasteiger partial charge in [-0.15, -0.1) is 0 Å². The molecule has 1 aliphatic rings. The first-order chi connectivity index (χ1) is 7.81. The Bertz CT molecular complexity index is 341. The number of amides is 1. The SMILES string of the molecule is O=C(NCC1CCCC1CBr)c1cn[nH]n1. The number of nitrogens with zero attached hydrogens (tertiary/aromatic N) is 2. The van der Waals surface area contributed by atoms with Gasteiger partial charge in [0.15, 0.2) is 5.69 Å². The fraction of sp³-hybridized carbons (Fsp3) is 0.700. The molecule has 1 aromatic rings. The van der Waals surface area contributed by atoms with Gasteiger partial charge in [0.25, 0.3) is 5.91 Å². The third-order valence-corrected chi connectivity index (χ3v) is 4.02. The van der Waals surface area contributed by atoms with Crippen LogP contribution in [0.2, 0.25) is 0 Å². The highest BCUT2D eigenvalue weighted by molar-refractivity contribution is 9.09. The van der Waals surface area contributed by atoms with Crippen LogP contribution in [0.25, 0.3) is 0 Å². The molecule has 2 N–H and O–H groups in total. The van der Waals surface area contributed by atoms with E-state index in [1.54, 1.807) is 0 Å². The van der Waals surface area contributed by atoms with Gasteiger partial charge in [-0.25, -0.2) is 0 Å². The fourth-order valence-corrected chi connectivity index (χ4v) is 3.06. The molecule has 6 heteroatoms. The summed E-state index contributed by atoms with van der Waals surface area (Å²) in [6.07, 6.45) is 5.16. The third-order valence-electron chi connectivity index (χ3n) is 3.19. The summed E-state index contributed by atoms with van der Waals surface area (Å²) in [6, 6.07) is 0. The number of carbonyl (C=O) groups is 1. The first-order valence-electron chi connectivity index (χ1n) is 5.51. The first-order valence-corrected chi connectivity index (χ1v) is 6.63. The maximum atomic E-state index is 11.6. The topological polar surface area (TPSA) is 70.7 Å². The Morgan fingerprint density at radius 1 is 1.56 bits per heavy atom. The molecule has 16 heavy (non-hydrogen) atoms. The Labute approximate surface area is 103 Å². The molecule has 0 spiro atoms. The van der Waals surface area contributed by atoms with Gasteiger partial charge in [0.2, 0.25) is 0 Å². The van der Waals surface area contributed by atoms with Crippen molar-refractivity contribution in [1.82, 2.24) is 20.7 Å². The molecule has 2 unspecified atom stereocenters. The smallest absolute Gasteiger partial charge is 0.273 e. The van der Waals surface area contributed by atoms with Gasteiger partial charge in [0.1, 0.15) is 0 Å². The second kappa shape index (κ2) is 5.43. The average Bonchev–Trinajstić information content (AvgIpc) is 2.96. The van der Waals surface area contributed by atoms with Crippen molar-refractivity contribution in [2.24, 2.45) is 11.8 Å². The van der Waals surface area contributed by atoms with E-state index in [4.69, 9.17) is 0 Å². The number of rotatable bonds is 4. The van der Waals surface area contributed by atoms with Crippen LogP contribution < -0.4 is 5.32 Å². The molecule has 2 rings (SSSR count). The lowest BCUT2D eigenvalue weighted by molar-refractivity contribution is 0.0939. The van der Waals surface area contributed by atoms with E-state index in [0.29, 0.717) is 17.5 Å². The zero-order valence-corrected chi connectivity index (χ0v) is 10.5. The molecular formula is C10H15BrN4O. The summed E-state index contributed by atoms with van der Waals surface area (Å²) in [6.45, 7) is 0.738. The Balaban J connectivity index is 1.81. The van der Waals surface area contributed by atoms with E-state index >= 15 is 0 Å². The normalized spacial score (nSPS) is 24.6. The molecule has 0 saturated heterocycles. The van der Waals surface area contributed by atoms with E-state index in [0.717, 1.165) is 11.9 Å². The summed E-state index contributed by atoms with van der Waals surface area (Å²) in [5.74, 6) is 1.14. The zero-order chi connectivity index (χ0) is 11.4. The van der Waals surface area contributed by atoms with Crippen LogP contribution in [0, 0.1) is 11.8 Å². The van der Waals surface area contributed by atoms with Crippen molar-refractivity contribution < 1.29 is 4.79 Å². The predicted molar refractivity (Wildman–Crippen MR) is 63.3 cm³/mol. The van der Waals surface area contributed by atoms with Gasteiger partial charge in [0, 0.05) is 11.9 Å². The Morgan fingerprint density at radius 3 is 3.06 bits per heavy atom. The zero-order valence-electron chi connectivity index (χ0n) is 8.95. The molecule has 0 aliphatic heterocycles. The minimum Gasteiger partial charge on any atom is -0.350 e. The second-order valence-corrected chi connectivity index (χ2v) is 4.82. The number of H-pyrrole nitrogens is 1. The number of carbonyl (C=O) groups excluding carboxylic acids is 1. The molecule has 0 aromatic carbocycles. The Morgan fingerprint density at radius 2 is 2.38 bits per heavy atom. The molecule has 1 amide bonds. The van der Waals surface area contributed by atoms with Gasteiger partial charge in [-0.3, -0.25) is 4.79 Å². The number of hydrogen-bond donors (Lipinski definition) is 2. The van der Waals surface area contributed by atoms with Crippen LogP contribution in [0.3, 0.4) is 0 Å². The highest BCUT2D eigenvalue weighted by atomic mass is 79.9. The molecule has 88 valence electrons. The summed E-state index contributed by atoms with van der Waals surface area (Å²) in [4.78, 5) is 11.6. The number of hydrogen-bond acceptors (Lipinski definition) is 3. The standard InChI is InChI=1S/C10H15BrN4O/c11-4-7-2-1-3-8(7)5-12-10(16)9-6-13-15-14-9/h6-8H,1-5H2,(H,12,16)(H,13,14,15). The summed E-state index contributed by atoms with van der Waals surface area (Å²) in [7, 11) is 0. The van der Waals surface area contributed by atoms with Gasteiger partial charge in [-0.1, -0.05) is 22.4 Å². The monoisotopic (exact) mass is 286 g/mol. The fourth-order valence-electron chi connectivity index (χ4n) is 2.21. The van der Waals surface area contributed by atoms with Crippen molar-refractivity contribution >= 4 is 21.8 Å². The van der Waals surface area contributed by atoms with Gasteiger partial charge < -0.3 is 5.32 Å². The van der Waals surface area contributed by atoms with Crippen LogP contribution in [-0.4, -0.2) is 33.2 Å². The van der Waals surface area contributed by atoms with Crippen LogP contribution >= 0.6 is 15.9 Å². The molecule has 2 atom stereocenters. The van der Waals surface area contributed by atoms with Crippen molar-refractivity contribution in [3.8, 4) is 0 Å². The predicted octanol–water partition coefficient (Wildman–Crippen LogP) is 1.35. The second-order valence-electron chi connectivity index (χ2n) is 4.17. The first kappa shape index (κ1) is 11.6. The van der Waals surface area contributed by atoms with E-state index in [2.05, 4.69) is 36.7 Å². The lowest BCUT2D eigenvalue weighted by Crippen LogP contribution is -2.31. The minimum atomic E-state index is -0.144. The van der Waals surface area contributed by atoms with Gasteiger partial charge in [-0.05, 0) is 24.7 Å². The van der Waals surface area contributed by atoms with E-state index in [-0.39, 0.29) is 5.91 Å². The molecule has 1 saturated carbocycles. The van der Waals surface area contributed by atoms with Gasteiger partial charge in [0.05, 0.1) is 6.20 Å². The maximum absolute atomic E-state index is 11.6. The quantitative estimate of drug-likeness (QED) is 0.821. The number of aromatic amines is 1. The molecule has 1 fully saturated rings. The van der Waals surface area contributed by atoms with Crippen molar-refractivity contribution in [1.29, 1.82) is 0 Å². The summed E-state index contributed by atoms with van der Waals surface area (Å²) in [5.41, 5.74) is 0.355. The van der Waals surface area contributed by atoms with Crippen molar-refractivity contribution in [3.63, 3.8) is 0 Å². The average molecular weight is 287 g/mol. The van der Waals surface area contributed by atoms with Crippen molar-refractivity contribution in [2.45, 2.75) is 19.3 Å². The lowest BCUT2D eigenvalue weighted by atomic mass is 9.98. The molecule has 0 bridgehead atoms. The minimum absolute atomic E-state index is 0.144. The highest BCUT2D eigenvalue weighted by Gasteiger charge is 2.26. The third kappa shape index (κ3) is 2.61. The number of nitrogens with one attached hydrogen (secondary N) is 2. The number of halogens is 1. The van der Waals surface area contributed by atoms with Crippen LogP contribution in [0.15, 0.2) is 6.20 Å². The van der Waals surface area contributed by atoms with Crippen LogP contribution in [0.4, 0.5) is 0 Å². The Kier molecular flexibility index (Phi) is 3.93. The van der Waals surface area contributed by atoms with E-state index in [1.165, 1.54) is 25.5 Å². The van der Waals surface area contributed by atoms with E-state index in [1.807, 2.05) is 0 Å². The van der Waals surface area contributed by atoms with Crippen LogP contribution in [0.5, 0.6) is 0 Å². The Hall–Kier alpha value is -0.910. The van der Waals surface area contributed by atoms with Crippen molar-refractivity contribution in [3.05, 3.63) is 11.9 Å². The highest BCUT2D eigenvalue weighted by Crippen LogP contribution is 2.32. The number of aromatic nitrogens is 3. The molecule has 1 aliphatic carbocycles. The largest absolute Gasteiger partial charge is 0.350 e. The molecular weight excluding hydrogens is 272 g/mol. The molecule has 1 heterocycles. The van der Waals surface area contributed by atoms with Gasteiger partial charge in [-0.2, -0.15) is 15.4 Å². The van der Waals surface area contributed by atoms with Crippen LogP contribution in [0.1, 0.15) is 29.8 Å².